The maximum atomic E-state index is 9.52. The second kappa shape index (κ2) is 7.91. The SMILES string of the molecule is COc1cc(OC)c(C=C(C#N)Sc2nc3ccccc3s2)cc1Br. The number of nitrogens with zero attached hydrogens (tertiary/aromatic N) is 2. The van der Waals surface area contributed by atoms with Crippen LogP contribution in [0, 0.1) is 11.3 Å². The molecular weight excluding hydrogens is 420 g/mol. The van der Waals surface area contributed by atoms with Crippen LogP contribution < -0.4 is 9.47 Å². The number of benzene rings is 2. The normalized spacial score (nSPS) is 11.4. The van der Waals surface area contributed by atoms with Crippen molar-refractivity contribution in [1.82, 2.24) is 4.98 Å². The van der Waals surface area contributed by atoms with Crippen molar-refractivity contribution in [2.24, 2.45) is 0 Å². The fourth-order valence-corrected chi connectivity index (χ4v) is 4.70. The number of methoxy groups -OCH3 is 2. The lowest BCUT2D eigenvalue weighted by molar-refractivity contribution is 0.392. The Balaban J connectivity index is 1.95. The Morgan fingerprint density at radius 2 is 2.00 bits per heavy atom. The van der Waals surface area contributed by atoms with Crippen molar-refractivity contribution < 1.29 is 9.47 Å². The van der Waals surface area contributed by atoms with E-state index in [9.17, 15) is 5.26 Å². The van der Waals surface area contributed by atoms with Crippen LogP contribution in [0.5, 0.6) is 11.5 Å². The fraction of sp³-hybridized carbons (Fsp3) is 0.111. The number of aromatic nitrogens is 1. The van der Waals surface area contributed by atoms with Gasteiger partial charge >= 0.3 is 0 Å². The molecule has 0 saturated heterocycles. The summed E-state index contributed by atoms with van der Waals surface area (Å²) in [6, 6.07) is 13.8. The Hall–Kier alpha value is -2.01. The van der Waals surface area contributed by atoms with Crippen LogP contribution in [0.1, 0.15) is 5.56 Å². The number of allylic oxidation sites excluding steroid dienone is 1. The first-order valence-electron chi connectivity index (χ1n) is 7.21. The van der Waals surface area contributed by atoms with E-state index >= 15 is 0 Å². The lowest BCUT2D eigenvalue weighted by Gasteiger charge is -2.10. The van der Waals surface area contributed by atoms with Crippen molar-refractivity contribution in [3.63, 3.8) is 0 Å². The molecule has 0 radical (unpaired) electrons. The minimum atomic E-state index is 0.537. The second-order valence-corrected chi connectivity index (χ2v) is 8.07. The summed E-state index contributed by atoms with van der Waals surface area (Å²) in [6.45, 7) is 0. The van der Waals surface area contributed by atoms with E-state index in [4.69, 9.17) is 9.47 Å². The maximum absolute atomic E-state index is 9.52. The molecule has 0 aliphatic rings. The molecule has 0 amide bonds. The largest absolute Gasteiger partial charge is 0.496 e. The van der Waals surface area contributed by atoms with Gasteiger partial charge in [-0.1, -0.05) is 12.1 Å². The summed E-state index contributed by atoms with van der Waals surface area (Å²) in [5.74, 6) is 1.31. The minimum absolute atomic E-state index is 0.537. The van der Waals surface area contributed by atoms with Crippen molar-refractivity contribution in [2.45, 2.75) is 4.34 Å². The number of halogens is 1. The highest BCUT2D eigenvalue weighted by molar-refractivity contribution is 9.10. The topological polar surface area (TPSA) is 55.1 Å². The highest BCUT2D eigenvalue weighted by Crippen LogP contribution is 2.37. The number of thiazole rings is 1. The van der Waals surface area contributed by atoms with Gasteiger partial charge in [0.1, 0.15) is 17.6 Å². The molecule has 1 heterocycles. The minimum Gasteiger partial charge on any atom is -0.496 e. The van der Waals surface area contributed by atoms with Gasteiger partial charge in [-0.15, -0.1) is 11.3 Å². The lowest BCUT2D eigenvalue weighted by Crippen LogP contribution is -1.91. The zero-order valence-electron chi connectivity index (χ0n) is 13.4. The predicted octanol–water partition coefficient (Wildman–Crippen LogP) is 5.73. The van der Waals surface area contributed by atoms with E-state index in [0.717, 1.165) is 24.6 Å². The van der Waals surface area contributed by atoms with Crippen molar-refractivity contribution >= 4 is 55.3 Å². The molecule has 0 N–H and O–H groups in total. The summed E-state index contributed by atoms with van der Waals surface area (Å²) in [5.41, 5.74) is 1.73. The first-order valence-corrected chi connectivity index (χ1v) is 9.64. The number of fused-ring (bicyclic) bond motifs is 1. The van der Waals surface area contributed by atoms with Gasteiger partial charge < -0.3 is 9.47 Å². The molecule has 0 atom stereocenters. The number of ether oxygens (including phenoxy) is 2. The van der Waals surface area contributed by atoms with Gasteiger partial charge in [-0.3, -0.25) is 0 Å². The fourth-order valence-electron chi connectivity index (χ4n) is 2.21. The summed E-state index contributed by atoms with van der Waals surface area (Å²) < 4.78 is 13.4. The molecule has 0 aliphatic heterocycles. The van der Waals surface area contributed by atoms with E-state index in [1.54, 1.807) is 37.7 Å². The molecule has 0 fully saturated rings. The average molecular weight is 433 g/mol. The van der Waals surface area contributed by atoms with Crippen molar-refractivity contribution in [3.05, 3.63) is 51.3 Å². The van der Waals surface area contributed by atoms with Crippen molar-refractivity contribution in [3.8, 4) is 17.6 Å². The van der Waals surface area contributed by atoms with Gasteiger partial charge in [0.05, 0.1) is 33.8 Å². The molecule has 7 heteroatoms. The molecule has 2 aromatic carbocycles. The van der Waals surface area contributed by atoms with Crippen LogP contribution in [-0.4, -0.2) is 19.2 Å². The summed E-state index contributed by atoms with van der Waals surface area (Å²) in [6.07, 6.45) is 1.79. The van der Waals surface area contributed by atoms with Gasteiger partial charge in [0.2, 0.25) is 0 Å². The van der Waals surface area contributed by atoms with E-state index in [1.807, 2.05) is 30.3 Å². The number of thioether (sulfide) groups is 1. The molecule has 3 rings (SSSR count). The van der Waals surface area contributed by atoms with Gasteiger partial charge in [0, 0.05) is 11.6 Å². The van der Waals surface area contributed by atoms with E-state index in [-0.39, 0.29) is 0 Å². The second-order valence-electron chi connectivity index (χ2n) is 4.90. The first kappa shape index (κ1) is 17.8. The third-order valence-corrected chi connectivity index (χ3v) is 6.02. The third kappa shape index (κ3) is 3.98. The van der Waals surface area contributed by atoms with E-state index in [0.29, 0.717) is 16.4 Å². The molecule has 0 saturated carbocycles. The molecule has 0 bridgehead atoms. The molecule has 1 aromatic heterocycles. The van der Waals surface area contributed by atoms with Crippen LogP contribution >= 0.6 is 39.0 Å². The average Bonchev–Trinajstić information content (AvgIpc) is 3.03. The number of para-hydroxylation sites is 1. The van der Waals surface area contributed by atoms with Crippen molar-refractivity contribution in [1.29, 1.82) is 5.26 Å². The van der Waals surface area contributed by atoms with E-state index in [1.165, 1.54) is 11.8 Å². The summed E-state index contributed by atoms with van der Waals surface area (Å²) in [4.78, 5) is 5.10. The van der Waals surface area contributed by atoms with Gasteiger partial charge in [-0.2, -0.15) is 5.26 Å². The van der Waals surface area contributed by atoms with E-state index in [2.05, 4.69) is 27.0 Å². The van der Waals surface area contributed by atoms with Crippen LogP contribution in [0.25, 0.3) is 16.3 Å². The standard InChI is InChI=1S/C18H13BrN2O2S2/c1-22-15-9-16(23-2)13(19)8-11(15)7-12(10-20)24-18-21-14-5-3-4-6-17(14)25-18/h3-9H,1-2H3. The summed E-state index contributed by atoms with van der Waals surface area (Å²) in [7, 11) is 3.19. The quantitative estimate of drug-likeness (QED) is 0.380. The molecule has 126 valence electrons. The molecule has 4 nitrogen and oxygen atoms in total. The van der Waals surface area contributed by atoms with Gasteiger partial charge in [0.15, 0.2) is 4.34 Å². The van der Waals surface area contributed by atoms with Crippen LogP contribution in [0.4, 0.5) is 0 Å². The van der Waals surface area contributed by atoms with E-state index < -0.39 is 0 Å². The van der Waals surface area contributed by atoms with Crippen LogP contribution in [0.15, 0.2) is 50.1 Å². The zero-order valence-corrected chi connectivity index (χ0v) is 16.7. The smallest absolute Gasteiger partial charge is 0.156 e. The molecule has 0 unspecified atom stereocenters. The molecule has 25 heavy (non-hydrogen) atoms. The van der Waals surface area contributed by atoms with Crippen LogP contribution in [0.3, 0.4) is 0 Å². The van der Waals surface area contributed by atoms with Gasteiger partial charge in [0.25, 0.3) is 0 Å². The first-order chi connectivity index (χ1) is 12.1. The highest BCUT2D eigenvalue weighted by Gasteiger charge is 2.11. The predicted molar refractivity (Wildman–Crippen MR) is 106 cm³/mol. The van der Waals surface area contributed by atoms with Gasteiger partial charge in [-0.25, -0.2) is 4.98 Å². The van der Waals surface area contributed by atoms with Crippen LogP contribution in [0.2, 0.25) is 0 Å². The highest BCUT2D eigenvalue weighted by atomic mass is 79.9. The molecule has 0 spiro atoms. The summed E-state index contributed by atoms with van der Waals surface area (Å²) >= 11 is 6.38. The molecular formula is C18H13BrN2O2S2. The summed E-state index contributed by atoms with van der Waals surface area (Å²) in [5, 5.41) is 9.52. The van der Waals surface area contributed by atoms with Crippen LogP contribution in [-0.2, 0) is 0 Å². The molecule has 3 aromatic rings. The van der Waals surface area contributed by atoms with Crippen molar-refractivity contribution in [2.75, 3.05) is 14.2 Å². The number of hydrogen-bond acceptors (Lipinski definition) is 6. The monoisotopic (exact) mass is 432 g/mol. The number of rotatable bonds is 5. The third-order valence-electron chi connectivity index (χ3n) is 3.37. The Morgan fingerprint density at radius 1 is 1.24 bits per heavy atom. The number of nitriles is 1. The number of hydrogen-bond donors (Lipinski definition) is 0. The Morgan fingerprint density at radius 3 is 2.68 bits per heavy atom. The van der Waals surface area contributed by atoms with Gasteiger partial charge in [-0.05, 0) is 52.0 Å². The maximum Gasteiger partial charge on any atom is 0.156 e. The molecule has 0 aliphatic carbocycles. The Kier molecular flexibility index (Phi) is 5.63. The zero-order chi connectivity index (χ0) is 17.8. The Labute approximate surface area is 162 Å². The Bertz CT molecular complexity index is 959. The lowest BCUT2D eigenvalue weighted by atomic mass is 10.2.